The quantitative estimate of drug-likeness (QED) is 0.0264. The average molecular weight is 801 g/mol. The van der Waals surface area contributed by atoms with Gasteiger partial charge in [0, 0.05) is 19.3 Å². The Bertz CT molecular complexity index is 969. The monoisotopic (exact) mass is 801 g/mol. The van der Waals surface area contributed by atoms with Gasteiger partial charge in [0.2, 0.25) is 0 Å². The molecule has 0 aromatic heterocycles. The lowest BCUT2D eigenvalue weighted by Gasteiger charge is -2.18. The number of ether oxygens (including phenoxy) is 3. The van der Waals surface area contributed by atoms with E-state index in [0.717, 1.165) is 83.5 Å². The zero-order chi connectivity index (χ0) is 41.5. The van der Waals surface area contributed by atoms with E-state index in [9.17, 15) is 14.4 Å². The summed E-state index contributed by atoms with van der Waals surface area (Å²) in [5.41, 5.74) is 0. The smallest absolute Gasteiger partial charge is 0.306 e. The van der Waals surface area contributed by atoms with E-state index in [1.54, 1.807) is 0 Å². The van der Waals surface area contributed by atoms with Crippen LogP contribution in [-0.2, 0) is 28.6 Å². The van der Waals surface area contributed by atoms with Crippen LogP contribution in [0, 0.1) is 0 Å². The van der Waals surface area contributed by atoms with Gasteiger partial charge in [-0.05, 0) is 57.8 Å². The van der Waals surface area contributed by atoms with Crippen molar-refractivity contribution in [2.45, 2.75) is 258 Å². The average Bonchev–Trinajstić information content (AvgIpc) is 3.21. The molecular formula is C51H92O6. The molecule has 57 heavy (non-hydrogen) atoms. The van der Waals surface area contributed by atoms with E-state index in [2.05, 4.69) is 57.2 Å². The van der Waals surface area contributed by atoms with Gasteiger partial charge in [0.15, 0.2) is 6.10 Å². The fourth-order valence-corrected chi connectivity index (χ4v) is 6.92. The molecule has 0 saturated heterocycles. The third-order valence-electron chi connectivity index (χ3n) is 10.6. The van der Waals surface area contributed by atoms with E-state index >= 15 is 0 Å². The summed E-state index contributed by atoms with van der Waals surface area (Å²) < 4.78 is 16.7. The van der Waals surface area contributed by atoms with Crippen LogP contribution < -0.4 is 0 Å². The van der Waals surface area contributed by atoms with Gasteiger partial charge in [-0.2, -0.15) is 0 Å². The second-order valence-electron chi connectivity index (χ2n) is 16.4. The van der Waals surface area contributed by atoms with Crippen molar-refractivity contribution in [2.75, 3.05) is 13.2 Å². The number of hydrogen-bond donors (Lipinski definition) is 0. The van der Waals surface area contributed by atoms with Gasteiger partial charge < -0.3 is 14.2 Å². The van der Waals surface area contributed by atoms with Crippen molar-refractivity contribution in [1.82, 2.24) is 0 Å². The predicted octanol–water partition coefficient (Wildman–Crippen LogP) is 15.8. The molecule has 0 spiro atoms. The largest absolute Gasteiger partial charge is 0.462 e. The second kappa shape index (κ2) is 46.3. The standard InChI is InChI=1S/C51H92O6/c1-4-7-10-13-16-19-22-23-24-25-26-27-30-32-35-38-41-44-50(53)56-47-48(57-51(54)45-42-39-36-33-29-21-18-15-12-9-6-3)46-55-49(52)43-40-37-34-31-28-20-17-14-11-8-5-2/h16,19,23-24,26-27,48H,4-15,17-18,20-22,25,28-47H2,1-3H3/b19-16-,24-23-,27-26-/t48-/m1/s1. The maximum absolute atomic E-state index is 12.7. The van der Waals surface area contributed by atoms with Gasteiger partial charge in [0.25, 0.3) is 0 Å². The van der Waals surface area contributed by atoms with Crippen LogP contribution in [0.25, 0.3) is 0 Å². The molecule has 0 rings (SSSR count). The summed E-state index contributed by atoms with van der Waals surface area (Å²) in [5.74, 6) is -0.893. The van der Waals surface area contributed by atoms with Gasteiger partial charge in [-0.15, -0.1) is 0 Å². The molecule has 0 aliphatic rings. The first-order valence-corrected chi connectivity index (χ1v) is 24.5. The molecule has 6 nitrogen and oxygen atoms in total. The van der Waals surface area contributed by atoms with Crippen LogP contribution in [0.5, 0.6) is 0 Å². The molecule has 0 aromatic carbocycles. The van der Waals surface area contributed by atoms with Gasteiger partial charge in [0.1, 0.15) is 13.2 Å². The lowest BCUT2D eigenvalue weighted by molar-refractivity contribution is -0.167. The van der Waals surface area contributed by atoms with Gasteiger partial charge in [-0.25, -0.2) is 0 Å². The topological polar surface area (TPSA) is 78.9 Å². The summed E-state index contributed by atoms with van der Waals surface area (Å²) in [6, 6.07) is 0. The van der Waals surface area contributed by atoms with Crippen LogP contribution in [0.2, 0.25) is 0 Å². The molecule has 6 heteroatoms. The summed E-state index contributed by atoms with van der Waals surface area (Å²) in [7, 11) is 0. The number of rotatable bonds is 44. The summed E-state index contributed by atoms with van der Waals surface area (Å²) in [4.78, 5) is 37.8. The third kappa shape index (κ3) is 44.6. The highest BCUT2D eigenvalue weighted by atomic mass is 16.6. The van der Waals surface area contributed by atoms with Crippen molar-refractivity contribution in [3.63, 3.8) is 0 Å². The van der Waals surface area contributed by atoms with Crippen molar-refractivity contribution in [3.05, 3.63) is 36.5 Å². The SMILES string of the molecule is CCCCC/C=C\C/C=C\C/C=C\CCCCCCC(=O)OC[C@@H](COC(=O)CCCCCCCCCCCCC)OC(=O)CCCCCCCCCCCCC. The van der Waals surface area contributed by atoms with Crippen molar-refractivity contribution < 1.29 is 28.6 Å². The molecule has 0 radical (unpaired) electrons. The van der Waals surface area contributed by atoms with Gasteiger partial charge in [-0.1, -0.05) is 211 Å². The highest BCUT2D eigenvalue weighted by Crippen LogP contribution is 2.15. The van der Waals surface area contributed by atoms with E-state index in [-0.39, 0.29) is 31.1 Å². The minimum Gasteiger partial charge on any atom is -0.462 e. The van der Waals surface area contributed by atoms with Crippen LogP contribution in [-0.4, -0.2) is 37.2 Å². The first kappa shape index (κ1) is 54.6. The Morgan fingerprint density at radius 1 is 0.351 bits per heavy atom. The summed E-state index contributed by atoms with van der Waals surface area (Å²) >= 11 is 0. The Kier molecular flexibility index (Phi) is 44.4. The third-order valence-corrected chi connectivity index (χ3v) is 10.6. The number of esters is 3. The fourth-order valence-electron chi connectivity index (χ4n) is 6.92. The number of hydrogen-bond acceptors (Lipinski definition) is 6. The molecule has 0 aliphatic carbocycles. The van der Waals surface area contributed by atoms with E-state index in [1.807, 2.05) is 0 Å². The molecular weight excluding hydrogens is 709 g/mol. The molecule has 0 unspecified atom stereocenters. The minimum atomic E-state index is -0.774. The molecule has 0 heterocycles. The lowest BCUT2D eigenvalue weighted by Crippen LogP contribution is -2.30. The highest BCUT2D eigenvalue weighted by molar-refractivity contribution is 5.71. The zero-order valence-corrected chi connectivity index (χ0v) is 37.9. The molecule has 1 atom stereocenters. The number of unbranched alkanes of at least 4 members (excludes halogenated alkanes) is 27. The molecule has 0 saturated carbocycles. The predicted molar refractivity (Wildman–Crippen MR) is 242 cm³/mol. The van der Waals surface area contributed by atoms with Crippen molar-refractivity contribution in [3.8, 4) is 0 Å². The molecule has 0 aromatic rings. The molecule has 332 valence electrons. The summed E-state index contributed by atoms with van der Waals surface area (Å²) in [6.45, 7) is 6.58. The van der Waals surface area contributed by atoms with Crippen LogP contribution >= 0.6 is 0 Å². The van der Waals surface area contributed by atoms with Crippen molar-refractivity contribution >= 4 is 17.9 Å². The molecule has 0 fully saturated rings. The Morgan fingerprint density at radius 2 is 0.632 bits per heavy atom. The van der Waals surface area contributed by atoms with E-state index in [1.165, 1.54) is 128 Å². The molecule has 0 bridgehead atoms. The van der Waals surface area contributed by atoms with Gasteiger partial charge in [-0.3, -0.25) is 14.4 Å². The summed E-state index contributed by atoms with van der Waals surface area (Å²) in [5, 5.41) is 0. The first-order chi connectivity index (χ1) is 28.0. The van der Waals surface area contributed by atoms with Crippen LogP contribution in [0.4, 0.5) is 0 Å². The Hall–Kier alpha value is -2.37. The maximum Gasteiger partial charge on any atom is 0.306 e. The van der Waals surface area contributed by atoms with Crippen LogP contribution in [0.3, 0.4) is 0 Å². The van der Waals surface area contributed by atoms with Gasteiger partial charge >= 0.3 is 17.9 Å². The maximum atomic E-state index is 12.7. The highest BCUT2D eigenvalue weighted by Gasteiger charge is 2.19. The molecule has 0 N–H and O–H groups in total. The summed E-state index contributed by atoms with van der Waals surface area (Å²) in [6.07, 6.45) is 52.6. The lowest BCUT2D eigenvalue weighted by atomic mass is 10.1. The first-order valence-electron chi connectivity index (χ1n) is 24.5. The van der Waals surface area contributed by atoms with Gasteiger partial charge in [0.05, 0.1) is 0 Å². The Balaban J connectivity index is 4.36. The van der Waals surface area contributed by atoms with Crippen molar-refractivity contribution in [2.24, 2.45) is 0 Å². The Morgan fingerprint density at radius 3 is 1.02 bits per heavy atom. The van der Waals surface area contributed by atoms with E-state index in [0.29, 0.717) is 19.3 Å². The fraction of sp³-hybridized carbons (Fsp3) is 0.824. The van der Waals surface area contributed by atoms with E-state index in [4.69, 9.17) is 14.2 Å². The minimum absolute atomic E-state index is 0.0758. The Labute approximate surface area is 353 Å². The van der Waals surface area contributed by atoms with Crippen LogP contribution in [0.1, 0.15) is 252 Å². The van der Waals surface area contributed by atoms with E-state index < -0.39 is 6.10 Å². The van der Waals surface area contributed by atoms with Crippen LogP contribution in [0.15, 0.2) is 36.5 Å². The molecule has 0 amide bonds. The number of carbonyl (C=O) groups excluding carboxylic acids is 3. The number of carbonyl (C=O) groups is 3. The zero-order valence-electron chi connectivity index (χ0n) is 37.9. The second-order valence-corrected chi connectivity index (χ2v) is 16.4. The number of allylic oxidation sites excluding steroid dienone is 6. The molecule has 0 aliphatic heterocycles. The normalized spacial score (nSPS) is 12.3. The van der Waals surface area contributed by atoms with Crippen molar-refractivity contribution in [1.29, 1.82) is 0 Å².